The quantitative estimate of drug-likeness (QED) is 0.793. The normalized spacial score (nSPS) is 10.5. The number of H-pyrrole nitrogens is 1. The summed E-state index contributed by atoms with van der Waals surface area (Å²) in [5, 5.41) is 6.32. The molecule has 0 fully saturated rings. The first kappa shape index (κ1) is 10.3. The zero-order chi connectivity index (χ0) is 11.0. The van der Waals surface area contributed by atoms with Crippen LogP contribution in [0.1, 0.15) is 0 Å². The largest absolute Gasteiger partial charge is 0.368 e. The van der Waals surface area contributed by atoms with Crippen molar-refractivity contribution in [3.63, 3.8) is 0 Å². The lowest BCUT2D eigenvalue weighted by Crippen LogP contribution is -2.01. The van der Waals surface area contributed by atoms with E-state index >= 15 is 0 Å². The number of nitrogens with two attached hydrogens (primary N) is 1. The van der Waals surface area contributed by atoms with Gasteiger partial charge in [-0.15, -0.1) is 5.10 Å². The summed E-state index contributed by atoms with van der Waals surface area (Å²) in [5.41, 5.74) is 6.27. The molecule has 4 nitrogen and oxygen atoms in total. The molecular formula is C8H6BrFN4S. The molecule has 7 heteroatoms. The molecule has 1 aromatic carbocycles. The molecule has 0 amide bonds. The Morgan fingerprint density at radius 1 is 1.53 bits per heavy atom. The van der Waals surface area contributed by atoms with Crippen molar-refractivity contribution in [3.05, 3.63) is 33.3 Å². The van der Waals surface area contributed by atoms with Gasteiger partial charge in [-0.1, -0.05) is 0 Å². The summed E-state index contributed by atoms with van der Waals surface area (Å²) in [4.78, 5) is 0. The van der Waals surface area contributed by atoms with Crippen LogP contribution >= 0.6 is 28.1 Å². The Morgan fingerprint density at radius 3 is 2.80 bits per heavy atom. The van der Waals surface area contributed by atoms with E-state index in [9.17, 15) is 4.39 Å². The minimum atomic E-state index is -0.334. The van der Waals surface area contributed by atoms with Crippen molar-refractivity contribution in [1.29, 1.82) is 0 Å². The Morgan fingerprint density at radius 2 is 2.27 bits per heavy atom. The summed E-state index contributed by atoms with van der Waals surface area (Å²) in [6.45, 7) is 0. The molecule has 15 heavy (non-hydrogen) atoms. The van der Waals surface area contributed by atoms with Gasteiger partial charge >= 0.3 is 0 Å². The first-order valence-corrected chi connectivity index (χ1v) is 5.18. The summed E-state index contributed by atoms with van der Waals surface area (Å²) < 4.78 is 15.3. The molecule has 0 radical (unpaired) electrons. The van der Waals surface area contributed by atoms with E-state index in [0.29, 0.717) is 14.9 Å². The number of hydrogen-bond acceptors (Lipinski definition) is 3. The Kier molecular flexibility index (Phi) is 2.57. The standard InChI is InChI=1S/C8H6BrFN4S/c9-5-3-4(10)1-2-6(5)14-7(11)12-13-8(14)15/h1-3H,(H2,11,12)(H,13,15). The molecule has 1 aromatic heterocycles. The van der Waals surface area contributed by atoms with Crippen LogP contribution in [-0.2, 0) is 0 Å². The SMILES string of the molecule is Nc1n[nH]c(=S)n1-c1ccc(F)cc1Br. The van der Waals surface area contributed by atoms with Crippen molar-refractivity contribution in [2.75, 3.05) is 5.73 Å². The lowest BCUT2D eigenvalue weighted by molar-refractivity contribution is 0.626. The molecule has 78 valence electrons. The third-order valence-corrected chi connectivity index (χ3v) is 2.76. The number of benzene rings is 1. The number of nitrogens with one attached hydrogen (secondary N) is 1. The molecule has 0 saturated carbocycles. The van der Waals surface area contributed by atoms with Crippen LogP contribution in [0.4, 0.5) is 10.3 Å². The van der Waals surface area contributed by atoms with Gasteiger partial charge in [0.05, 0.1) is 5.69 Å². The smallest absolute Gasteiger partial charge is 0.225 e. The Bertz CT molecular complexity index is 562. The van der Waals surface area contributed by atoms with E-state index in [1.807, 2.05) is 0 Å². The Balaban J connectivity index is 2.69. The summed E-state index contributed by atoms with van der Waals surface area (Å²) in [6, 6.07) is 4.24. The van der Waals surface area contributed by atoms with Crippen molar-refractivity contribution in [2.24, 2.45) is 0 Å². The molecule has 0 unspecified atom stereocenters. The molecule has 0 spiro atoms. The predicted octanol–water partition coefficient (Wildman–Crippen LogP) is 2.41. The minimum absolute atomic E-state index is 0.229. The molecule has 0 aliphatic carbocycles. The van der Waals surface area contributed by atoms with E-state index in [1.165, 1.54) is 16.7 Å². The first-order chi connectivity index (χ1) is 7.09. The fraction of sp³-hybridized carbons (Fsp3) is 0. The van der Waals surface area contributed by atoms with Crippen molar-refractivity contribution in [2.45, 2.75) is 0 Å². The van der Waals surface area contributed by atoms with Crippen LogP contribution in [-0.4, -0.2) is 14.8 Å². The van der Waals surface area contributed by atoms with Gasteiger partial charge in [-0.2, -0.15) is 0 Å². The maximum Gasteiger partial charge on any atom is 0.225 e. The number of nitrogen functional groups attached to an aromatic ring is 1. The predicted molar refractivity (Wildman–Crippen MR) is 60.8 cm³/mol. The number of hydrogen-bond donors (Lipinski definition) is 2. The van der Waals surface area contributed by atoms with Gasteiger partial charge in [0.2, 0.25) is 10.7 Å². The monoisotopic (exact) mass is 288 g/mol. The van der Waals surface area contributed by atoms with E-state index < -0.39 is 0 Å². The van der Waals surface area contributed by atoms with Crippen molar-refractivity contribution in [3.8, 4) is 5.69 Å². The van der Waals surface area contributed by atoms with Crippen molar-refractivity contribution in [1.82, 2.24) is 14.8 Å². The fourth-order valence-corrected chi connectivity index (χ4v) is 1.97. The van der Waals surface area contributed by atoms with Crippen molar-refractivity contribution >= 4 is 34.1 Å². The number of halogens is 2. The van der Waals surface area contributed by atoms with Gasteiger partial charge in [0.25, 0.3) is 0 Å². The molecule has 3 N–H and O–H groups in total. The van der Waals surface area contributed by atoms with Gasteiger partial charge < -0.3 is 5.73 Å². The molecule has 1 heterocycles. The lowest BCUT2D eigenvalue weighted by Gasteiger charge is -2.05. The molecular weight excluding hydrogens is 283 g/mol. The number of aromatic amines is 1. The third kappa shape index (κ3) is 1.80. The second-order valence-corrected chi connectivity index (χ2v) is 4.06. The summed E-state index contributed by atoms with van der Waals surface area (Å²) >= 11 is 8.23. The van der Waals surface area contributed by atoms with E-state index in [0.717, 1.165) is 0 Å². The van der Waals surface area contributed by atoms with Crippen LogP contribution in [0.2, 0.25) is 0 Å². The summed E-state index contributed by atoms with van der Waals surface area (Å²) in [5.74, 6) is -0.105. The molecule has 0 saturated heterocycles. The minimum Gasteiger partial charge on any atom is -0.368 e. The number of nitrogens with zero attached hydrogens (tertiary/aromatic N) is 2. The zero-order valence-electron chi connectivity index (χ0n) is 7.37. The maximum atomic E-state index is 12.9. The highest BCUT2D eigenvalue weighted by atomic mass is 79.9. The van der Waals surface area contributed by atoms with Crippen LogP contribution in [0.25, 0.3) is 5.69 Å². The van der Waals surface area contributed by atoms with E-state index in [1.54, 1.807) is 6.07 Å². The molecule has 0 aliphatic rings. The number of aromatic nitrogens is 3. The summed E-state index contributed by atoms with van der Waals surface area (Å²) in [7, 11) is 0. The summed E-state index contributed by atoms with van der Waals surface area (Å²) in [6.07, 6.45) is 0. The second kappa shape index (κ2) is 3.74. The van der Waals surface area contributed by atoms with Crippen LogP contribution < -0.4 is 5.73 Å². The topological polar surface area (TPSA) is 59.6 Å². The Labute approximate surface area is 98.0 Å². The molecule has 2 aromatic rings. The molecule has 2 rings (SSSR count). The van der Waals surface area contributed by atoms with Crippen LogP contribution in [0.3, 0.4) is 0 Å². The molecule has 0 bridgehead atoms. The second-order valence-electron chi connectivity index (χ2n) is 2.82. The number of rotatable bonds is 1. The average Bonchev–Trinajstić information content (AvgIpc) is 2.48. The average molecular weight is 289 g/mol. The van der Waals surface area contributed by atoms with E-state index in [2.05, 4.69) is 26.1 Å². The lowest BCUT2D eigenvalue weighted by atomic mass is 10.3. The maximum absolute atomic E-state index is 12.9. The Hall–Kier alpha value is -1.21. The van der Waals surface area contributed by atoms with Gasteiger partial charge in [-0.3, -0.25) is 4.57 Å². The van der Waals surface area contributed by atoms with Gasteiger partial charge in [-0.05, 0) is 46.3 Å². The van der Waals surface area contributed by atoms with Gasteiger partial charge in [0.1, 0.15) is 5.82 Å². The van der Waals surface area contributed by atoms with Crippen molar-refractivity contribution < 1.29 is 4.39 Å². The van der Waals surface area contributed by atoms with E-state index in [4.69, 9.17) is 18.0 Å². The molecule has 0 atom stereocenters. The van der Waals surface area contributed by atoms with Gasteiger partial charge in [0.15, 0.2) is 0 Å². The highest BCUT2D eigenvalue weighted by molar-refractivity contribution is 9.10. The fourth-order valence-electron chi connectivity index (χ4n) is 1.20. The van der Waals surface area contributed by atoms with E-state index in [-0.39, 0.29) is 11.8 Å². The molecule has 0 aliphatic heterocycles. The zero-order valence-corrected chi connectivity index (χ0v) is 9.77. The van der Waals surface area contributed by atoms with Gasteiger partial charge in [-0.25, -0.2) is 9.49 Å². The highest BCUT2D eigenvalue weighted by Gasteiger charge is 2.08. The van der Waals surface area contributed by atoms with Crippen LogP contribution in [0.15, 0.2) is 22.7 Å². The first-order valence-electron chi connectivity index (χ1n) is 3.98. The van der Waals surface area contributed by atoms with Gasteiger partial charge in [0, 0.05) is 4.47 Å². The third-order valence-electron chi connectivity index (χ3n) is 1.85. The number of anilines is 1. The highest BCUT2D eigenvalue weighted by Crippen LogP contribution is 2.23. The van der Waals surface area contributed by atoms with Crippen LogP contribution in [0, 0.1) is 10.6 Å². The van der Waals surface area contributed by atoms with Crippen LogP contribution in [0.5, 0.6) is 0 Å².